The minimum atomic E-state index is -0.428. The Balaban J connectivity index is 3.06. The molecule has 0 heterocycles. The highest BCUT2D eigenvalue weighted by molar-refractivity contribution is 6.30. The van der Waals surface area contributed by atoms with Crippen molar-refractivity contribution in [2.24, 2.45) is 0 Å². The molecule has 0 amide bonds. The van der Waals surface area contributed by atoms with Gasteiger partial charge in [0.1, 0.15) is 6.29 Å². The van der Waals surface area contributed by atoms with E-state index >= 15 is 0 Å². The summed E-state index contributed by atoms with van der Waals surface area (Å²) in [5.41, 5.74) is 2.82. The zero-order valence-corrected chi connectivity index (χ0v) is 13.0. The Morgan fingerprint density at radius 1 is 1.24 bits per heavy atom. The van der Waals surface area contributed by atoms with Gasteiger partial charge in [0.05, 0.1) is 7.11 Å². The van der Waals surface area contributed by atoms with Crippen molar-refractivity contribution >= 4 is 29.9 Å². The Morgan fingerprint density at radius 2 is 1.95 bits per heavy atom. The van der Waals surface area contributed by atoms with Crippen LogP contribution in [-0.2, 0) is 14.3 Å². The summed E-state index contributed by atoms with van der Waals surface area (Å²) in [5.74, 6) is -0.428. The first-order chi connectivity index (χ1) is 9.96. The lowest BCUT2D eigenvalue weighted by Gasteiger charge is -2.02. The smallest absolute Gasteiger partial charge is 0.330 e. The molecule has 0 N–H and O–H groups in total. The molecule has 1 aromatic rings. The van der Waals surface area contributed by atoms with Crippen LogP contribution in [0.25, 0.3) is 6.08 Å². The molecule has 0 atom stereocenters. The molecule has 0 radical (unpaired) electrons. The van der Waals surface area contributed by atoms with E-state index in [9.17, 15) is 9.59 Å². The third kappa shape index (κ3) is 5.79. The summed E-state index contributed by atoms with van der Waals surface area (Å²) in [6, 6.07) is 7.22. The van der Waals surface area contributed by atoms with E-state index in [0.717, 1.165) is 17.4 Å². The second-order valence-electron chi connectivity index (χ2n) is 4.51. The number of carbonyl (C=O) groups is 2. The first kappa shape index (κ1) is 16.9. The molecule has 0 fully saturated rings. The summed E-state index contributed by atoms with van der Waals surface area (Å²) in [7, 11) is 1.32. The lowest BCUT2D eigenvalue weighted by atomic mass is 10.0. The summed E-state index contributed by atoms with van der Waals surface area (Å²) >= 11 is 5.92. The number of hydrogen-bond donors (Lipinski definition) is 0. The fraction of sp³-hybridized carbons (Fsp3) is 0.176. The van der Waals surface area contributed by atoms with Crippen molar-refractivity contribution in [2.45, 2.75) is 13.8 Å². The van der Waals surface area contributed by atoms with Gasteiger partial charge in [0.15, 0.2) is 0 Å². The van der Waals surface area contributed by atoms with E-state index in [0.29, 0.717) is 16.2 Å². The van der Waals surface area contributed by atoms with Crippen LogP contribution in [0.5, 0.6) is 0 Å². The summed E-state index contributed by atoms with van der Waals surface area (Å²) in [4.78, 5) is 22.4. The quantitative estimate of drug-likeness (QED) is 0.357. The minimum absolute atomic E-state index is 0.428. The zero-order valence-electron chi connectivity index (χ0n) is 12.2. The Bertz CT molecular complexity index is 625. The monoisotopic (exact) mass is 304 g/mol. The molecule has 0 aromatic heterocycles. The predicted molar refractivity (Wildman–Crippen MR) is 85.0 cm³/mol. The van der Waals surface area contributed by atoms with Gasteiger partial charge in [-0.1, -0.05) is 29.8 Å². The molecule has 0 saturated carbocycles. The second-order valence-corrected chi connectivity index (χ2v) is 4.95. The zero-order chi connectivity index (χ0) is 15.8. The first-order valence-electron chi connectivity index (χ1n) is 6.33. The largest absolute Gasteiger partial charge is 0.466 e. The van der Waals surface area contributed by atoms with Crippen LogP contribution in [-0.4, -0.2) is 19.4 Å². The van der Waals surface area contributed by atoms with Gasteiger partial charge in [-0.05, 0) is 48.8 Å². The molecule has 0 aliphatic carbocycles. The number of halogens is 1. The van der Waals surface area contributed by atoms with Gasteiger partial charge in [-0.15, -0.1) is 0 Å². The highest BCUT2D eigenvalue weighted by Crippen LogP contribution is 2.17. The van der Waals surface area contributed by atoms with Gasteiger partial charge in [0, 0.05) is 16.7 Å². The number of rotatable bonds is 5. The maximum atomic E-state index is 11.2. The molecule has 3 nitrogen and oxygen atoms in total. The van der Waals surface area contributed by atoms with Crippen molar-refractivity contribution in [3.8, 4) is 0 Å². The molecule has 4 heteroatoms. The molecule has 0 bridgehead atoms. The SMILES string of the molecule is COC(=O)/C=C(C)/C=C(C)\C(C=O)=C/c1cccc(Cl)c1. The Morgan fingerprint density at radius 3 is 2.52 bits per heavy atom. The van der Waals surface area contributed by atoms with Crippen LogP contribution in [0.1, 0.15) is 19.4 Å². The van der Waals surface area contributed by atoms with Gasteiger partial charge in [-0.25, -0.2) is 4.79 Å². The van der Waals surface area contributed by atoms with Crippen molar-refractivity contribution in [1.82, 2.24) is 0 Å². The molecule has 0 aliphatic rings. The number of ether oxygens (including phenoxy) is 1. The summed E-state index contributed by atoms with van der Waals surface area (Å²) < 4.78 is 4.55. The molecular formula is C17H17ClO3. The number of carbonyl (C=O) groups excluding carboxylic acids is 2. The lowest BCUT2D eigenvalue weighted by Crippen LogP contribution is -1.95. The topological polar surface area (TPSA) is 43.4 Å². The molecule has 0 aliphatic heterocycles. The summed E-state index contributed by atoms with van der Waals surface area (Å²) in [5, 5.41) is 0.609. The average molecular weight is 305 g/mol. The molecular weight excluding hydrogens is 288 g/mol. The van der Waals surface area contributed by atoms with Crippen molar-refractivity contribution in [3.05, 3.63) is 63.7 Å². The first-order valence-corrected chi connectivity index (χ1v) is 6.71. The van der Waals surface area contributed by atoms with Crippen molar-refractivity contribution in [2.75, 3.05) is 7.11 Å². The van der Waals surface area contributed by atoms with E-state index in [1.807, 2.05) is 12.1 Å². The molecule has 0 spiro atoms. The van der Waals surface area contributed by atoms with Gasteiger partial charge in [0.25, 0.3) is 0 Å². The summed E-state index contributed by atoms with van der Waals surface area (Å²) in [6.45, 7) is 3.57. The lowest BCUT2D eigenvalue weighted by molar-refractivity contribution is -0.134. The van der Waals surface area contributed by atoms with Crippen LogP contribution in [0.2, 0.25) is 5.02 Å². The van der Waals surface area contributed by atoms with Crippen molar-refractivity contribution in [1.29, 1.82) is 0 Å². The molecule has 1 aromatic carbocycles. The van der Waals surface area contributed by atoms with E-state index in [4.69, 9.17) is 11.6 Å². The third-order valence-corrected chi connectivity index (χ3v) is 2.98. The van der Waals surface area contributed by atoms with Crippen LogP contribution in [0, 0.1) is 0 Å². The molecule has 21 heavy (non-hydrogen) atoms. The molecule has 1 rings (SSSR count). The fourth-order valence-corrected chi connectivity index (χ4v) is 1.93. The second kappa shape index (κ2) is 8.22. The number of benzene rings is 1. The standard InChI is InChI=1S/C17H17ClO3/c1-12(8-17(20)21-3)7-13(2)15(11-19)9-14-5-4-6-16(18)10-14/h4-11H,1-3H3/b12-8+,13-7-,15-9-. The Kier molecular flexibility index (Phi) is 6.63. The van der Waals surface area contributed by atoms with Crippen molar-refractivity contribution in [3.63, 3.8) is 0 Å². The van der Waals surface area contributed by atoms with Crippen LogP contribution >= 0.6 is 11.6 Å². The van der Waals surface area contributed by atoms with E-state index in [2.05, 4.69) is 4.74 Å². The fourth-order valence-electron chi connectivity index (χ4n) is 1.73. The predicted octanol–water partition coefficient (Wildman–Crippen LogP) is 3.99. The number of allylic oxidation sites excluding steroid dienone is 4. The van der Waals surface area contributed by atoms with Crippen LogP contribution < -0.4 is 0 Å². The van der Waals surface area contributed by atoms with E-state index in [-0.39, 0.29) is 0 Å². The number of hydrogen-bond acceptors (Lipinski definition) is 3. The molecule has 110 valence electrons. The van der Waals surface area contributed by atoms with Crippen LogP contribution in [0.4, 0.5) is 0 Å². The van der Waals surface area contributed by atoms with Gasteiger partial charge in [0.2, 0.25) is 0 Å². The Labute approximate surface area is 129 Å². The molecule has 0 unspecified atom stereocenters. The number of aldehydes is 1. The number of methoxy groups -OCH3 is 1. The highest BCUT2D eigenvalue weighted by atomic mass is 35.5. The summed E-state index contributed by atoms with van der Waals surface area (Å²) in [6.07, 6.45) is 5.64. The number of esters is 1. The minimum Gasteiger partial charge on any atom is -0.466 e. The van der Waals surface area contributed by atoms with Crippen LogP contribution in [0.15, 0.2) is 53.1 Å². The normalized spacial score (nSPS) is 13.0. The maximum Gasteiger partial charge on any atom is 0.330 e. The van der Waals surface area contributed by atoms with E-state index in [1.165, 1.54) is 13.2 Å². The Hall–Kier alpha value is -2.13. The average Bonchev–Trinajstić information content (AvgIpc) is 2.44. The van der Waals surface area contributed by atoms with E-state index < -0.39 is 5.97 Å². The highest BCUT2D eigenvalue weighted by Gasteiger charge is 2.01. The van der Waals surface area contributed by atoms with Gasteiger partial charge in [-0.2, -0.15) is 0 Å². The van der Waals surface area contributed by atoms with E-state index in [1.54, 1.807) is 38.1 Å². The van der Waals surface area contributed by atoms with Gasteiger partial charge < -0.3 is 4.74 Å². The van der Waals surface area contributed by atoms with Gasteiger partial charge in [-0.3, -0.25) is 4.79 Å². The van der Waals surface area contributed by atoms with Crippen molar-refractivity contribution < 1.29 is 14.3 Å². The molecule has 0 saturated heterocycles. The maximum absolute atomic E-state index is 11.2. The van der Waals surface area contributed by atoms with Crippen LogP contribution in [0.3, 0.4) is 0 Å². The third-order valence-electron chi connectivity index (χ3n) is 2.74. The van der Waals surface area contributed by atoms with Gasteiger partial charge >= 0.3 is 5.97 Å².